The summed E-state index contributed by atoms with van der Waals surface area (Å²) in [6, 6.07) is 4.59. The van der Waals surface area contributed by atoms with Crippen molar-refractivity contribution in [1.82, 2.24) is 0 Å². The second-order valence-electron chi connectivity index (χ2n) is 2.88. The lowest BCUT2D eigenvalue weighted by Crippen LogP contribution is -1.89. The monoisotopic (exact) mass is 277 g/mol. The van der Waals surface area contributed by atoms with Crippen molar-refractivity contribution in [2.45, 2.75) is 6.43 Å². The van der Waals surface area contributed by atoms with Gasteiger partial charge in [-0.05, 0) is 39.5 Å². The van der Waals surface area contributed by atoms with Crippen LogP contribution in [-0.4, -0.2) is 0 Å². The summed E-state index contributed by atoms with van der Waals surface area (Å²) in [6.45, 7) is 0. The third kappa shape index (κ3) is 1.62. The average Bonchev–Trinajstić information content (AvgIpc) is 2.45. The summed E-state index contributed by atoms with van der Waals surface area (Å²) in [7, 11) is 0. The summed E-state index contributed by atoms with van der Waals surface area (Å²) in [6.07, 6.45) is -2.47. The van der Waals surface area contributed by atoms with Gasteiger partial charge in [-0.25, -0.2) is 8.78 Å². The quantitative estimate of drug-likeness (QED) is 0.778. The predicted molar refractivity (Wildman–Crippen MR) is 58.9 cm³/mol. The van der Waals surface area contributed by atoms with E-state index in [1.807, 2.05) is 0 Å². The van der Waals surface area contributed by atoms with Crippen LogP contribution in [0.4, 0.5) is 14.5 Å². The summed E-state index contributed by atoms with van der Waals surface area (Å²) in [5, 5.41) is 0.761. The standard InChI is InChI=1S/C9H6BrF2NS/c10-7-3-4-1-5(9(11)12)2-6(13)8(4)14-7/h1-3,9H,13H2. The molecule has 0 radical (unpaired) electrons. The van der Waals surface area contributed by atoms with E-state index in [9.17, 15) is 8.78 Å². The molecule has 0 fully saturated rings. The number of nitrogen functional groups attached to an aromatic ring is 1. The molecule has 2 aromatic rings. The van der Waals surface area contributed by atoms with Crippen LogP contribution in [0.25, 0.3) is 10.1 Å². The molecule has 1 heterocycles. The lowest BCUT2D eigenvalue weighted by molar-refractivity contribution is 0.151. The van der Waals surface area contributed by atoms with Crippen LogP contribution in [0, 0.1) is 0 Å². The average molecular weight is 278 g/mol. The van der Waals surface area contributed by atoms with E-state index in [0.717, 1.165) is 13.9 Å². The molecule has 0 aliphatic heterocycles. The maximum absolute atomic E-state index is 12.4. The molecule has 0 unspecified atom stereocenters. The van der Waals surface area contributed by atoms with Gasteiger partial charge in [-0.2, -0.15) is 0 Å². The molecule has 0 saturated heterocycles. The molecule has 1 aromatic carbocycles. The van der Waals surface area contributed by atoms with Gasteiger partial charge >= 0.3 is 0 Å². The molecule has 1 nitrogen and oxygen atoms in total. The highest BCUT2D eigenvalue weighted by molar-refractivity contribution is 9.11. The SMILES string of the molecule is Nc1cc(C(F)F)cc2cc(Br)sc12. The van der Waals surface area contributed by atoms with Crippen molar-refractivity contribution in [3.05, 3.63) is 27.5 Å². The zero-order valence-corrected chi connectivity index (χ0v) is 9.33. The van der Waals surface area contributed by atoms with E-state index in [2.05, 4.69) is 15.9 Å². The first kappa shape index (κ1) is 9.86. The van der Waals surface area contributed by atoms with Gasteiger partial charge in [0.1, 0.15) is 0 Å². The Bertz CT molecular complexity index is 481. The van der Waals surface area contributed by atoms with Gasteiger partial charge in [0.2, 0.25) is 0 Å². The van der Waals surface area contributed by atoms with Crippen molar-refractivity contribution in [3.8, 4) is 0 Å². The lowest BCUT2D eigenvalue weighted by Gasteiger charge is -2.02. The number of alkyl halides is 2. The smallest absolute Gasteiger partial charge is 0.263 e. The van der Waals surface area contributed by atoms with Crippen LogP contribution < -0.4 is 5.73 Å². The first-order valence-corrected chi connectivity index (χ1v) is 5.45. The molecule has 0 aliphatic carbocycles. The summed E-state index contributed by atoms with van der Waals surface area (Å²) < 4.78 is 26.6. The van der Waals surface area contributed by atoms with Crippen LogP contribution in [0.3, 0.4) is 0 Å². The fourth-order valence-corrected chi connectivity index (χ4v) is 2.82. The Kier molecular flexibility index (Phi) is 2.45. The topological polar surface area (TPSA) is 26.0 Å². The fraction of sp³-hybridized carbons (Fsp3) is 0.111. The van der Waals surface area contributed by atoms with Crippen LogP contribution in [0.1, 0.15) is 12.0 Å². The highest BCUT2D eigenvalue weighted by Gasteiger charge is 2.11. The largest absolute Gasteiger partial charge is 0.398 e. The van der Waals surface area contributed by atoms with E-state index in [-0.39, 0.29) is 5.56 Å². The van der Waals surface area contributed by atoms with E-state index < -0.39 is 6.43 Å². The highest BCUT2D eigenvalue weighted by atomic mass is 79.9. The summed E-state index contributed by atoms with van der Waals surface area (Å²) in [4.78, 5) is 0. The minimum Gasteiger partial charge on any atom is -0.398 e. The second-order valence-corrected chi connectivity index (χ2v) is 5.31. The van der Waals surface area contributed by atoms with Gasteiger partial charge in [-0.1, -0.05) is 0 Å². The van der Waals surface area contributed by atoms with Crippen LogP contribution in [0.15, 0.2) is 22.0 Å². The van der Waals surface area contributed by atoms with Crippen LogP contribution in [-0.2, 0) is 0 Å². The number of anilines is 1. The Morgan fingerprint density at radius 2 is 2.00 bits per heavy atom. The van der Waals surface area contributed by atoms with Gasteiger partial charge in [0, 0.05) is 5.56 Å². The number of halogens is 3. The van der Waals surface area contributed by atoms with Crippen molar-refractivity contribution < 1.29 is 8.78 Å². The molecule has 0 atom stereocenters. The van der Waals surface area contributed by atoms with E-state index in [1.54, 1.807) is 6.07 Å². The van der Waals surface area contributed by atoms with Crippen molar-refractivity contribution in [2.24, 2.45) is 0 Å². The molecule has 2 rings (SSSR count). The third-order valence-corrected chi connectivity index (χ3v) is 3.59. The maximum Gasteiger partial charge on any atom is 0.263 e. The molecule has 0 saturated carbocycles. The van der Waals surface area contributed by atoms with Gasteiger partial charge in [-0.15, -0.1) is 11.3 Å². The molecule has 0 spiro atoms. The molecular weight excluding hydrogens is 272 g/mol. The zero-order chi connectivity index (χ0) is 10.3. The number of nitrogens with two attached hydrogens (primary N) is 1. The molecule has 1 aromatic heterocycles. The fourth-order valence-electron chi connectivity index (χ4n) is 1.30. The van der Waals surface area contributed by atoms with Gasteiger partial charge in [0.25, 0.3) is 6.43 Å². The molecule has 0 aliphatic rings. The van der Waals surface area contributed by atoms with E-state index in [1.165, 1.54) is 23.5 Å². The van der Waals surface area contributed by atoms with E-state index in [0.29, 0.717) is 5.69 Å². The minimum atomic E-state index is -2.47. The van der Waals surface area contributed by atoms with Crippen LogP contribution >= 0.6 is 27.3 Å². The summed E-state index contributed by atoms with van der Waals surface area (Å²) in [5.74, 6) is 0. The summed E-state index contributed by atoms with van der Waals surface area (Å²) in [5.41, 5.74) is 6.05. The molecule has 5 heteroatoms. The highest BCUT2D eigenvalue weighted by Crippen LogP contribution is 2.36. The Morgan fingerprint density at radius 1 is 1.29 bits per heavy atom. The first-order chi connectivity index (χ1) is 6.58. The van der Waals surface area contributed by atoms with Crippen LogP contribution in [0.5, 0.6) is 0 Å². The van der Waals surface area contributed by atoms with Crippen molar-refractivity contribution in [1.29, 1.82) is 0 Å². The number of rotatable bonds is 1. The Labute approximate surface area is 91.7 Å². The van der Waals surface area contributed by atoms with Gasteiger partial charge in [-0.3, -0.25) is 0 Å². The third-order valence-electron chi connectivity index (χ3n) is 1.89. The number of thiophene rings is 1. The van der Waals surface area contributed by atoms with E-state index >= 15 is 0 Å². The molecule has 74 valence electrons. The Morgan fingerprint density at radius 3 is 2.64 bits per heavy atom. The predicted octanol–water partition coefficient (Wildman–Crippen LogP) is 4.18. The van der Waals surface area contributed by atoms with Crippen molar-refractivity contribution in [2.75, 3.05) is 5.73 Å². The van der Waals surface area contributed by atoms with Gasteiger partial charge in [0.05, 0.1) is 14.2 Å². The maximum atomic E-state index is 12.4. The van der Waals surface area contributed by atoms with Crippen molar-refractivity contribution >= 4 is 43.0 Å². The zero-order valence-electron chi connectivity index (χ0n) is 6.93. The number of hydrogen-bond acceptors (Lipinski definition) is 2. The number of benzene rings is 1. The first-order valence-electron chi connectivity index (χ1n) is 3.84. The second kappa shape index (κ2) is 3.47. The number of hydrogen-bond donors (Lipinski definition) is 1. The van der Waals surface area contributed by atoms with Gasteiger partial charge in [0.15, 0.2) is 0 Å². The molecule has 2 N–H and O–H groups in total. The normalized spacial score (nSPS) is 11.4. The number of fused-ring (bicyclic) bond motifs is 1. The Hall–Kier alpha value is -0.680. The molecule has 0 amide bonds. The lowest BCUT2D eigenvalue weighted by atomic mass is 10.1. The van der Waals surface area contributed by atoms with Crippen LogP contribution in [0.2, 0.25) is 0 Å². The van der Waals surface area contributed by atoms with Crippen molar-refractivity contribution in [3.63, 3.8) is 0 Å². The molecule has 14 heavy (non-hydrogen) atoms. The van der Waals surface area contributed by atoms with Gasteiger partial charge < -0.3 is 5.73 Å². The summed E-state index contributed by atoms with van der Waals surface area (Å²) >= 11 is 4.74. The minimum absolute atomic E-state index is 0.0275. The van der Waals surface area contributed by atoms with E-state index in [4.69, 9.17) is 5.73 Å². The molecular formula is C9H6BrF2NS. The Balaban J connectivity index is 2.71. The molecule has 0 bridgehead atoms.